The van der Waals surface area contributed by atoms with Gasteiger partial charge in [-0.3, -0.25) is 0 Å². The molecule has 114 valence electrons. The van der Waals surface area contributed by atoms with Crippen LogP contribution in [-0.2, 0) is 10.3 Å². The monoisotopic (exact) mass is 329 g/mol. The Labute approximate surface area is 133 Å². The van der Waals surface area contributed by atoms with E-state index in [4.69, 9.17) is 38.2 Å². The van der Waals surface area contributed by atoms with E-state index < -0.39 is 5.54 Å². The zero-order chi connectivity index (χ0) is 15.5. The van der Waals surface area contributed by atoms with Gasteiger partial charge in [0.2, 0.25) is 0 Å². The smallest absolute Gasteiger partial charge is 0.258 e. The van der Waals surface area contributed by atoms with E-state index in [1.165, 1.54) is 0 Å². The molecule has 1 unspecified atom stereocenters. The van der Waals surface area contributed by atoms with Crippen LogP contribution in [0.25, 0.3) is 11.5 Å². The Morgan fingerprint density at radius 2 is 1.95 bits per heavy atom. The first kappa shape index (κ1) is 16.2. The molecule has 0 amide bonds. The van der Waals surface area contributed by atoms with Crippen molar-refractivity contribution in [1.82, 2.24) is 10.1 Å². The van der Waals surface area contributed by atoms with Crippen LogP contribution in [0.5, 0.6) is 0 Å². The standard InChI is InChI=1S/C14H17Cl2N3O2/c1-3-4-20-8-14(2,17)13-18-12(21-19-13)9-5-10(15)7-11(16)6-9/h5-7H,3-4,8,17H2,1-2H3. The van der Waals surface area contributed by atoms with E-state index in [1.54, 1.807) is 25.1 Å². The molecule has 1 atom stereocenters. The second kappa shape index (κ2) is 6.75. The fraction of sp³-hybridized carbons (Fsp3) is 0.429. The summed E-state index contributed by atoms with van der Waals surface area (Å²) in [6.45, 7) is 4.78. The number of hydrogen-bond donors (Lipinski definition) is 1. The first-order valence-electron chi connectivity index (χ1n) is 6.59. The molecule has 1 aromatic heterocycles. The number of rotatable bonds is 6. The zero-order valence-corrected chi connectivity index (χ0v) is 13.4. The molecule has 0 fully saturated rings. The van der Waals surface area contributed by atoms with E-state index in [1.807, 2.05) is 6.92 Å². The fourth-order valence-electron chi connectivity index (χ4n) is 1.74. The highest BCUT2D eigenvalue weighted by Crippen LogP contribution is 2.27. The molecule has 2 N–H and O–H groups in total. The largest absolute Gasteiger partial charge is 0.379 e. The van der Waals surface area contributed by atoms with Crippen molar-refractivity contribution >= 4 is 23.2 Å². The molecule has 0 aliphatic heterocycles. The van der Waals surface area contributed by atoms with Crippen LogP contribution in [0.3, 0.4) is 0 Å². The summed E-state index contributed by atoms with van der Waals surface area (Å²) in [4.78, 5) is 4.31. The predicted molar refractivity (Wildman–Crippen MR) is 82.4 cm³/mol. The third-order valence-electron chi connectivity index (χ3n) is 2.80. The number of benzene rings is 1. The number of nitrogens with two attached hydrogens (primary N) is 1. The summed E-state index contributed by atoms with van der Waals surface area (Å²) in [6, 6.07) is 5.04. The molecule has 21 heavy (non-hydrogen) atoms. The van der Waals surface area contributed by atoms with Crippen molar-refractivity contribution in [1.29, 1.82) is 0 Å². The maximum atomic E-state index is 6.17. The summed E-state index contributed by atoms with van der Waals surface area (Å²) >= 11 is 11.9. The lowest BCUT2D eigenvalue weighted by Gasteiger charge is -2.19. The van der Waals surface area contributed by atoms with Gasteiger partial charge >= 0.3 is 0 Å². The number of nitrogens with zero attached hydrogens (tertiary/aromatic N) is 2. The number of aromatic nitrogens is 2. The molecule has 0 bridgehead atoms. The van der Waals surface area contributed by atoms with E-state index in [-0.39, 0.29) is 0 Å². The first-order valence-corrected chi connectivity index (χ1v) is 7.35. The molecule has 1 heterocycles. The lowest BCUT2D eigenvalue weighted by molar-refractivity contribution is 0.0867. The normalized spacial score (nSPS) is 14.1. The molecule has 0 spiro atoms. The van der Waals surface area contributed by atoms with Gasteiger partial charge < -0.3 is 15.0 Å². The van der Waals surface area contributed by atoms with Gasteiger partial charge in [0.25, 0.3) is 5.89 Å². The molecule has 0 aliphatic rings. The summed E-state index contributed by atoms with van der Waals surface area (Å²) in [5.41, 5.74) is 6.00. The van der Waals surface area contributed by atoms with Gasteiger partial charge in [-0.05, 0) is 31.5 Å². The van der Waals surface area contributed by atoms with E-state index in [0.29, 0.717) is 40.5 Å². The van der Waals surface area contributed by atoms with Crippen LogP contribution < -0.4 is 5.73 Å². The molecule has 1 aromatic carbocycles. The van der Waals surface area contributed by atoms with E-state index in [0.717, 1.165) is 6.42 Å². The Bertz CT molecular complexity index is 594. The minimum Gasteiger partial charge on any atom is -0.379 e. The first-order chi connectivity index (χ1) is 9.92. The summed E-state index contributed by atoms with van der Waals surface area (Å²) in [7, 11) is 0. The molecule has 2 rings (SSSR count). The van der Waals surface area contributed by atoms with Crippen molar-refractivity contribution in [2.75, 3.05) is 13.2 Å². The molecular formula is C14H17Cl2N3O2. The van der Waals surface area contributed by atoms with Gasteiger partial charge in [-0.1, -0.05) is 35.3 Å². The van der Waals surface area contributed by atoms with Crippen LogP contribution in [0.15, 0.2) is 22.7 Å². The van der Waals surface area contributed by atoms with E-state index in [2.05, 4.69) is 10.1 Å². The van der Waals surface area contributed by atoms with Gasteiger partial charge in [-0.2, -0.15) is 4.98 Å². The Morgan fingerprint density at radius 3 is 2.57 bits per heavy atom. The number of hydrogen-bond acceptors (Lipinski definition) is 5. The topological polar surface area (TPSA) is 74.2 Å². The van der Waals surface area contributed by atoms with Crippen molar-refractivity contribution in [3.05, 3.63) is 34.1 Å². The predicted octanol–water partition coefficient (Wildman–Crippen LogP) is 3.64. The molecule has 0 saturated carbocycles. The van der Waals surface area contributed by atoms with Crippen LogP contribution in [0, 0.1) is 0 Å². The summed E-state index contributed by atoms with van der Waals surface area (Å²) in [5, 5.41) is 4.92. The third kappa shape index (κ3) is 4.17. The van der Waals surface area contributed by atoms with Crippen LogP contribution in [0.1, 0.15) is 26.1 Å². The highest BCUT2D eigenvalue weighted by Gasteiger charge is 2.28. The molecule has 0 radical (unpaired) electrons. The zero-order valence-electron chi connectivity index (χ0n) is 11.9. The van der Waals surface area contributed by atoms with Gasteiger partial charge in [0.1, 0.15) is 5.54 Å². The van der Waals surface area contributed by atoms with Crippen LogP contribution in [0.2, 0.25) is 10.0 Å². The summed E-state index contributed by atoms with van der Waals surface area (Å²) in [5.74, 6) is 0.700. The quantitative estimate of drug-likeness (QED) is 0.819. The van der Waals surface area contributed by atoms with Crippen LogP contribution in [0.4, 0.5) is 0 Å². The van der Waals surface area contributed by atoms with Crippen LogP contribution >= 0.6 is 23.2 Å². The van der Waals surface area contributed by atoms with Gasteiger partial charge in [0.05, 0.1) is 6.61 Å². The lowest BCUT2D eigenvalue weighted by Crippen LogP contribution is -2.39. The average Bonchev–Trinajstić information content (AvgIpc) is 2.88. The third-order valence-corrected chi connectivity index (χ3v) is 3.23. The Balaban J connectivity index is 2.20. The SMILES string of the molecule is CCCOCC(C)(N)c1noc(-c2cc(Cl)cc(Cl)c2)n1. The second-order valence-electron chi connectivity index (χ2n) is 5.05. The average molecular weight is 330 g/mol. The minimum absolute atomic E-state index is 0.316. The van der Waals surface area contributed by atoms with Crippen LogP contribution in [-0.4, -0.2) is 23.4 Å². The minimum atomic E-state index is -0.820. The number of halogens is 2. The van der Waals surface area contributed by atoms with Gasteiger partial charge in [-0.15, -0.1) is 0 Å². The van der Waals surface area contributed by atoms with Gasteiger partial charge in [0, 0.05) is 22.2 Å². The molecular weight excluding hydrogens is 313 g/mol. The Hall–Kier alpha value is -1.14. The van der Waals surface area contributed by atoms with E-state index >= 15 is 0 Å². The van der Waals surface area contributed by atoms with Crippen molar-refractivity contribution in [3.8, 4) is 11.5 Å². The highest BCUT2D eigenvalue weighted by atomic mass is 35.5. The summed E-state index contributed by atoms with van der Waals surface area (Å²) in [6.07, 6.45) is 0.925. The second-order valence-corrected chi connectivity index (χ2v) is 5.92. The van der Waals surface area contributed by atoms with Crippen molar-refractivity contribution in [2.45, 2.75) is 25.8 Å². The van der Waals surface area contributed by atoms with E-state index in [9.17, 15) is 0 Å². The maximum absolute atomic E-state index is 6.17. The van der Waals surface area contributed by atoms with Crippen molar-refractivity contribution in [3.63, 3.8) is 0 Å². The summed E-state index contributed by atoms with van der Waals surface area (Å²) < 4.78 is 10.7. The molecule has 5 nitrogen and oxygen atoms in total. The Kier molecular flexibility index (Phi) is 5.22. The maximum Gasteiger partial charge on any atom is 0.258 e. The highest BCUT2D eigenvalue weighted by molar-refractivity contribution is 6.35. The lowest BCUT2D eigenvalue weighted by atomic mass is 10.1. The van der Waals surface area contributed by atoms with Gasteiger partial charge in [0.15, 0.2) is 5.82 Å². The van der Waals surface area contributed by atoms with Crippen molar-refractivity contribution in [2.24, 2.45) is 5.73 Å². The molecule has 0 aliphatic carbocycles. The molecule has 7 heteroatoms. The molecule has 2 aromatic rings. The number of ether oxygens (including phenoxy) is 1. The Morgan fingerprint density at radius 1 is 1.29 bits per heavy atom. The fourth-order valence-corrected chi connectivity index (χ4v) is 2.27. The van der Waals surface area contributed by atoms with Gasteiger partial charge in [-0.25, -0.2) is 0 Å². The van der Waals surface area contributed by atoms with Crippen molar-refractivity contribution < 1.29 is 9.26 Å². The molecule has 0 saturated heterocycles.